The molecular weight excluding hydrogens is 326 g/mol. The molecule has 0 saturated heterocycles. The summed E-state index contributed by atoms with van der Waals surface area (Å²) in [7, 11) is 1.71. The van der Waals surface area contributed by atoms with Gasteiger partial charge in [-0.3, -0.25) is 4.99 Å². The van der Waals surface area contributed by atoms with Crippen LogP contribution >= 0.6 is 11.3 Å². The number of rotatable bonds is 6. The van der Waals surface area contributed by atoms with Crippen LogP contribution in [0.1, 0.15) is 51.2 Å². The van der Waals surface area contributed by atoms with E-state index in [0.717, 1.165) is 10.7 Å². The topological polar surface area (TPSA) is 87.6 Å². The Morgan fingerprint density at radius 1 is 1.29 bits per heavy atom. The Morgan fingerprint density at radius 2 is 1.96 bits per heavy atom. The molecule has 7 nitrogen and oxygen atoms in total. The first-order chi connectivity index (χ1) is 11.2. The average molecular weight is 356 g/mol. The Hall–Kier alpha value is -1.83. The molecule has 0 bridgehead atoms. The van der Waals surface area contributed by atoms with Gasteiger partial charge in [-0.2, -0.15) is 0 Å². The largest absolute Gasteiger partial charge is 0.444 e. The first kappa shape index (κ1) is 20.2. The van der Waals surface area contributed by atoms with E-state index < -0.39 is 11.7 Å². The summed E-state index contributed by atoms with van der Waals surface area (Å²) in [5, 5.41) is 12.1. The lowest BCUT2D eigenvalue weighted by molar-refractivity contribution is 0.0529. The van der Waals surface area contributed by atoms with E-state index in [1.165, 1.54) is 0 Å². The van der Waals surface area contributed by atoms with Crippen LogP contribution < -0.4 is 16.0 Å². The molecule has 0 spiro atoms. The maximum absolute atomic E-state index is 11.5. The summed E-state index contributed by atoms with van der Waals surface area (Å²) in [6, 6.07) is 0. The van der Waals surface area contributed by atoms with E-state index in [-0.39, 0.29) is 0 Å². The van der Waals surface area contributed by atoms with E-state index >= 15 is 0 Å². The van der Waals surface area contributed by atoms with E-state index in [4.69, 9.17) is 4.74 Å². The number of thiazole rings is 1. The van der Waals surface area contributed by atoms with Crippen LogP contribution in [-0.2, 0) is 11.3 Å². The third kappa shape index (κ3) is 8.14. The van der Waals surface area contributed by atoms with Gasteiger partial charge < -0.3 is 20.7 Å². The number of hydrogen-bond donors (Lipinski definition) is 3. The molecule has 1 heterocycles. The van der Waals surface area contributed by atoms with E-state index in [2.05, 4.69) is 45.2 Å². The Bertz CT molecular complexity index is 549. The van der Waals surface area contributed by atoms with Crippen LogP contribution in [-0.4, -0.2) is 42.8 Å². The maximum atomic E-state index is 11.5. The molecule has 8 heteroatoms. The first-order valence-electron chi connectivity index (χ1n) is 8.07. The molecule has 0 radical (unpaired) electrons. The van der Waals surface area contributed by atoms with E-state index in [1.807, 2.05) is 20.8 Å². The summed E-state index contributed by atoms with van der Waals surface area (Å²) in [4.78, 5) is 20.2. The summed E-state index contributed by atoms with van der Waals surface area (Å²) in [6.07, 6.45) is -0.420. The lowest BCUT2D eigenvalue weighted by Gasteiger charge is -2.19. The van der Waals surface area contributed by atoms with Gasteiger partial charge in [0.2, 0.25) is 0 Å². The van der Waals surface area contributed by atoms with Crippen molar-refractivity contribution in [3.05, 3.63) is 16.1 Å². The second-order valence-corrected chi connectivity index (χ2v) is 7.54. The molecule has 0 atom stereocenters. The number of nitrogens with one attached hydrogen (secondary N) is 3. The fourth-order valence-corrected chi connectivity index (χ4v) is 2.61. The van der Waals surface area contributed by atoms with Crippen molar-refractivity contribution in [1.82, 2.24) is 20.9 Å². The second kappa shape index (κ2) is 9.46. The fraction of sp³-hybridized carbons (Fsp3) is 0.688. The van der Waals surface area contributed by atoms with Gasteiger partial charge in [-0.1, -0.05) is 13.8 Å². The Morgan fingerprint density at radius 3 is 2.50 bits per heavy atom. The normalized spacial score (nSPS) is 12.2. The quantitative estimate of drug-likeness (QED) is 0.414. The molecule has 0 aromatic carbocycles. The molecular formula is C16H29N5O2S. The van der Waals surface area contributed by atoms with Gasteiger partial charge in [0, 0.05) is 25.5 Å². The van der Waals surface area contributed by atoms with Crippen molar-refractivity contribution in [2.75, 3.05) is 20.1 Å². The molecule has 136 valence electrons. The van der Waals surface area contributed by atoms with Gasteiger partial charge in [-0.25, -0.2) is 9.78 Å². The molecule has 0 unspecified atom stereocenters. The predicted octanol–water partition coefficient (Wildman–Crippen LogP) is 2.46. The van der Waals surface area contributed by atoms with Crippen molar-refractivity contribution >= 4 is 23.4 Å². The minimum atomic E-state index is -0.488. The van der Waals surface area contributed by atoms with Gasteiger partial charge >= 0.3 is 6.09 Å². The maximum Gasteiger partial charge on any atom is 0.407 e. The van der Waals surface area contributed by atoms with Crippen LogP contribution in [0.5, 0.6) is 0 Å². The average Bonchev–Trinajstić information content (AvgIpc) is 2.93. The Kier molecular flexibility index (Phi) is 7.97. The second-order valence-electron chi connectivity index (χ2n) is 6.60. The van der Waals surface area contributed by atoms with Crippen molar-refractivity contribution < 1.29 is 9.53 Å². The van der Waals surface area contributed by atoms with Crippen LogP contribution in [0.25, 0.3) is 0 Å². The molecule has 1 aromatic rings. The van der Waals surface area contributed by atoms with Crippen LogP contribution in [0.4, 0.5) is 4.79 Å². The highest BCUT2D eigenvalue weighted by Gasteiger charge is 2.15. The molecule has 0 aliphatic heterocycles. The number of amides is 1. The number of aromatic nitrogens is 1. The predicted molar refractivity (Wildman–Crippen MR) is 98.6 cm³/mol. The molecule has 1 amide bonds. The van der Waals surface area contributed by atoms with Gasteiger partial charge in [0.25, 0.3) is 0 Å². The van der Waals surface area contributed by atoms with Crippen molar-refractivity contribution in [2.45, 2.75) is 52.7 Å². The number of carbonyl (C=O) groups is 1. The number of alkyl carbamates (subject to hydrolysis) is 1. The minimum absolute atomic E-state index is 0.420. The zero-order valence-corrected chi connectivity index (χ0v) is 16.2. The molecule has 1 rings (SSSR count). The van der Waals surface area contributed by atoms with Crippen molar-refractivity contribution in [2.24, 2.45) is 4.99 Å². The zero-order valence-electron chi connectivity index (χ0n) is 15.4. The Labute approximate surface area is 148 Å². The molecule has 0 aliphatic rings. The minimum Gasteiger partial charge on any atom is -0.444 e. The summed E-state index contributed by atoms with van der Waals surface area (Å²) in [6.45, 7) is 11.4. The summed E-state index contributed by atoms with van der Waals surface area (Å²) < 4.78 is 5.17. The highest BCUT2D eigenvalue weighted by molar-refractivity contribution is 7.09. The summed E-state index contributed by atoms with van der Waals surface area (Å²) in [5.41, 5.74) is 0.624. The van der Waals surface area contributed by atoms with E-state index in [9.17, 15) is 4.79 Å². The summed E-state index contributed by atoms with van der Waals surface area (Å²) in [5.74, 6) is 1.11. The number of aliphatic imine (C=N–C) groups is 1. The molecule has 3 N–H and O–H groups in total. The van der Waals surface area contributed by atoms with Gasteiger partial charge in [-0.05, 0) is 26.7 Å². The lowest BCUT2D eigenvalue weighted by atomic mass is 10.2. The number of ether oxygens (including phenoxy) is 1. The van der Waals surface area contributed by atoms with Crippen LogP contribution in [0.2, 0.25) is 0 Å². The van der Waals surface area contributed by atoms with Crippen molar-refractivity contribution in [3.8, 4) is 0 Å². The fourth-order valence-electron chi connectivity index (χ4n) is 1.71. The third-order valence-electron chi connectivity index (χ3n) is 2.88. The molecule has 1 aromatic heterocycles. The van der Waals surface area contributed by atoms with Crippen molar-refractivity contribution in [3.63, 3.8) is 0 Å². The monoisotopic (exact) mass is 355 g/mol. The van der Waals surface area contributed by atoms with Gasteiger partial charge in [-0.15, -0.1) is 11.3 Å². The van der Waals surface area contributed by atoms with Crippen LogP contribution in [0.15, 0.2) is 10.4 Å². The molecule has 24 heavy (non-hydrogen) atoms. The number of nitrogens with zero attached hydrogens (tertiary/aromatic N) is 2. The van der Waals surface area contributed by atoms with Gasteiger partial charge in [0.05, 0.1) is 12.2 Å². The van der Waals surface area contributed by atoms with Crippen LogP contribution in [0.3, 0.4) is 0 Å². The van der Waals surface area contributed by atoms with Crippen molar-refractivity contribution in [1.29, 1.82) is 0 Å². The third-order valence-corrected chi connectivity index (χ3v) is 3.74. The summed E-state index contributed by atoms with van der Waals surface area (Å²) >= 11 is 1.64. The standard InChI is InChI=1S/C16H29N5O2S/c1-11(2)12-10-24-13(21-12)9-20-14(17-6)18-7-8-19-15(22)23-16(3,4)5/h10-11H,7-9H2,1-6H3,(H,19,22)(H2,17,18,20). The molecule has 0 saturated carbocycles. The molecule has 0 aliphatic carbocycles. The number of guanidine groups is 1. The lowest BCUT2D eigenvalue weighted by Crippen LogP contribution is -2.42. The smallest absolute Gasteiger partial charge is 0.407 e. The van der Waals surface area contributed by atoms with Gasteiger partial charge in [0.15, 0.2) is 5.96 Å². The first-order valence-corrected chi connectivity index (χ1v) is 8.95. The SMILES string of the molecule is CN=C(NCCNC(=O)OC(C)(C)C)NCc1nc(C(C)C)cs1. The highest BCUT2D eigenvalue weighted by atomic mass is 32.1. The van der Waals surface area contributed by atoms with E-state index in [1.54, 1.807) is 18.4 Å². The number of hydrogen-bond acceptors (Lipinski definition) is 5. The molecule has 0 fully saturated rings. The highest BCUT2D eigenvalue weighted by Crippen LogP contribution is 2.17. The van der Waals surface area contributed by atoms with Crippen LogP contribution in [0, 0.1) is 0 Å². The number of carbonyl (C=O) groups excluding carboxylic acids is 1. The van der Waals surface area contributed by atoms with Gasteiger partial charge in [0.1, 0.15) is 10.6 Å². The van der Waals surface area contributed by atoms with E-state index in [0.29, 0.717) is 31.5 Å². The Balaban J connectivity index is 2.26. The zero-order chi connectivity index (χ0) is 18.2.